The molecule has 0 aromatic rings. The summed E-state index contributed by atoms with van der Waals surface area (Å²) in [6.07, 6.45) is 11.8. The van der Waals surface area contributed by atoms with Crippen molar-refractivity contribution in [3.63, 3.8) is 0 Å². The first kappa shape index (κ1) is 18.6. The number of carbonyl (C=O) groups excluding carboxylic acids is 2. The van der Waals surface area contributed by atoms with Gasteiger partial charge in [0.05, 0.1) is 6.10 Å². The Morgan fingerprint density at radius 2 is 2.25 bits per heavy atom. The van der Waals surface area contributed by atoms with E-state index < -0.39 is 11.5 Å². The second-order valence-electron chi connectivity index (χ2n) is 6.24. The third kappa shape index (κ3) is 4.88. The minimum absolute atomic E-state index is 0.0971. The van der Waals surface area contributed by atoms with E-state index in [4.69, 9.17) is 17.0 Å². The van der Waals surface area contributed by atoms with Crippen LogP contribution >= 0.6 is 12.2 Å². The molecule has 2 aliphatic rings. The van der Waals surface area contributed by atoms with Crippen molar-refractivity contribution >= 4 is 29.6 Å². The zero-order valence-corrected chi connectivity index (χ0v) is 15.0. The maximum Gasteiger partial charge on any atom is 0.284 e. The average Bonchev–Trinajstić information content (AvgIpc) is 3.37. The van der Waals surface area contributed by atoms with Crippen LogP contribution in [0.25, 0.3) is 0 Å². The molecule has 2 atom stereocenters. The molecule has 2 N–H and O–H groups in total. The number of amides is 2. The Hall–Kier alpha value is -1.73. The second kappa shape index (κ2) is 8.39. The Morgan fingerprint density at radius 1 is 1.50 bits per heavy atom. The molecule has 0 bridgehead atoms. The standard InChI is InChI=1S/C17H25N3O3S/c1-3-7-13(2)23-17(10-5-4-6-11-17)15(22)20(12-21)19-16(24)18-14-8-9-14/h4-6,10,12-14H,3,7-9,11H2,1-2H3,(H2,18,19,24). The van der Waals surface area contributed by atoms with Gasteiger partial charge in [-0.3, -0.25) is 15.0 Å². The number of hydrazine groups is 1. The average molecular weight is 351 g/mol. The predicted octanol–water partition coefficient (Wildman–Crippen LogP) is 1.97. The number of hydrogen-bond donors (Lipinski definition) is 2. The quantitative estimate of drug-likeness (QED) is 0.415. The van der Waals surface area contributed by atoms with E-state index in [-0.39, 0.29) is 11.2 Å². The van der Waals surface area contributed by atoms with E-state index in [0.29, 0.717) is 18.9 Å². The van der Waals surface area contributed by atoms with Crippen LogP contribution in [0.5, 0.6) is 0 Å². The van der Waals surface area contributed by atoms with Gasteiger partial charge in [0.1, 0.15) is 0 Å². The molecule has 0 aromatic carbocycles. The molecule has 0 spiro atoms. The first-order valence-electron chi connectivity index (χ1n) is 8.39. The van der Waals surface area contributed by atoms with Crippen LogP contribution in [0.4, 0.5) is 0 Å². The van der Waals surface area contributed by atoms with E-state index in [1.54, 1.807) is 12.2 Å². The van der Waals surface area contributed by atoms with Gasteiger partial charge in [0.25, 0.3) is 5.91 Å². The first-order chi connectivity index (χ1) is 11.5. The molecule has 0 aliphatic heterocycles. The maximum absolute atomic E-state index is 13.0. The van der Waals surface area contributed by atoms with Gasteiger partial charge in [-0.05, 0) is 44.5 Å². The molecular weight excluding hydrogens is 326 g/mol. The van der Waals surface area contributed by atoms with Crippen molar-refractivity contribution in [2.75, 3.05) is 0 Å². The zero-order chi connectivity index (χ0) is 17.6. The fourth-order valence-corrected chi connectivity index (χ4v) is 2.87. The number of nitrogens with zero attached hydrogens (tertiary/aromatic N) is 1. The molecule has 1 saturated carbocycles. The molecule has 0 heterocycles. The highest BCUT2D eigenvalue weighted by Crippen LogP contribution is 2.27. The minimum Gasteiger partial charge on any atom is -0.359 e. The highest BCUT2D eigenvalue weighted by atomic mass is 32.1. The second-order valence-corrected chi connectivity index (χ2v) is 6.65. The molecular formula is C17H25N3O3S. The van der Waals surface area contributed by atoms with Gasteiger partial charge in [-0.25, -0.2) is 0 Å². The van der Waals surface area contributed by atoms with Crippen LogP contribution in [0, 0.1) is 0 Å². The van der Waals surface area contributed by atoms with Crippen molar-refractivity contribution in [2.45, 2.75) is 63.7 Å². The number of allylic oxidation sites excluding steroid dienone is 2. The summed E-state index contributed by atoms with van der Waals surface area (Å²) in [5.41, 5.74) is 1.48. The van der Waals surface area contributed by atoms with Gasteiger partial charge in [-0.2, -0.15) is 5.01 Å². The van der Waals surface area contributed by atoms with E-state index in [1.807, 2.05) is 19.1 Å². The lowest BCUT2D eigenvalue weighted by Gasteiger charge is -2.35. The molecule has 7 heteroatoms. The number of hydrogen-bond acceptors (Lipinski definition) is 4. The molecule has 6 nitrogen and oxygen atoms in total. The van der Waals surface area contributed by atoms with Crippen molar-refractivity contribution in [1.29, 1.82) is 0 Å². The van der Waals surface area contributed by atoms with Crippen LogP contribution in [-0.2, 0) is 14.3 Å². The Morgan fingerprint density at radius 3 is 2.79 bits per heavy atom. The fourth-order valence-electron chi connectivity index (χ4n) is 2.61. The third-order valence-electron chi connectivity index (χ3n) is 3.96. The van der Waals surface area contributed by atoms with Crippen molar-refractivity contribution < 1.29 is 14.3 Å². The van der Waals surface area contributed by atoms with E-state index in [9.17, 15) is 9.59 Å². The Bertz CT molecular complexity index is 545. The van der Waals surface area contributed by atoms with Crippen LogP contribution in [0.2, 0.25) is 0 Å². The molecule has 0 radical (unpaired) electrons. The number of rotatable bonds is 7. The Balaban J connectivity index is 2.09. The molecule has 2 rings (SSSR count). The summed E-state index contributed by atoms with van der Waals surface area (Å²) >= 11 is 5.15. The van der Waals surface area contributed by atoms with Gasteiger partial charge in [-0.15, -0.1) is 0 Å². The maximum atomic E-state index is 13.0. The van der Waals surface area contributed by atoms with E-state index in [1.165, 1.54) is 0 Å². The third-order valence-corrected chi connectivity index (χ3v) is 4.17. The number of imide groups is 1. The van der Waals surface area contributed by atoms with Gasteiger partial charge in [-0.1, -0.05) is 31.6 Å². The normalized spacial score (nSPS) is 23.4. The molecule has 132 valence electrons. The van der Waals surface area contributed by atoms with Gasteiger partial charge >= 0.3 is 0 Å². The molecule has 24 heavy (non-hydrogen) atoms. The van der Waals surface area contributed by atoms with E-state index in [2.05, 4.69) is 17.7 Å². The topological polar surface area (TPSA) is 70.7 Å². The van der Waals surface area contributed by atoms with Gasteiger partial charge in [0.2, 0.25) is 6.41 Å². The number of ether oxygens (including phenoxy) is 1. The summed E-state index contributed by atoms with van der Waals surface area (Å²) in [4.78, 5) is 24.4. The van der Waals surface area contributed by atoms with Crippen LogP contribution in [0.15, 0.2) is 24.3 Å². The summed E-state index contributed by atoms with van der Waals surface area (Å²) in [6, 6.07) is 0.334. The number of carbonyl (C=O) groups is 2. The van der Waals surface area contributed by atoms with Gasteiger partial charge in [0.15, 0.2) is 10.7 Å². The summed E-state index contributed by atoms with van der Waals surface area (Å²) < 4.78 is 6.05. The SMILES string of the molecule is CCCC(C)OC1(C(=O)N(C=O)NC(=S)NC2CC2)C=CC=CC1. The predicted molar refractivity (Wildman–Crippen MR) is 95.9 cm³/mol. The fraction of sp³-hybridized carbons (Fsp3) is 0.588. The number of thiocarbonyl (C=S) groups is 1. The lowest BCUT2D eigenvalue weighted by Crippen LogP contribution is -2.58. The van der Waals surface area contributed by atoms with Crippen LogP contribution < -0.4 is 10.7 Å². The van der Waals surface area contributed by atoms with Crippen LogP contribution in [-0.4, -0.2) is 40.2 Å². The van der Waals surface area contributed by atoms with Crippen LogP contribution in [0.3, 0.4) is 0 Å². The smallest absolute Gasteiger partial charge is 0.284 e. The monoisotopic (exact) mass is 351 g/mol. The van der Waals surface area contributed by atoms with E-state index >= 15 is 0 Å². The van der Waals surface area contributed by atoms with Gasteiger partial charge < -0.3 is 10.1 Å². The molecule has 2 aliphatic carbocycles. The number of nitrogens with one attached hydrogen (secondary N) is 2. The molecule has 2 unspecified atom stereocenters. The lowest BCUT2D eigenvalue weighted by atomic mass is 9.93. The van der Waals surface area contributed by atoms with Crippen molar-refractivity contribution in [3.05, 3.63) is 24.3 Å². The molecule has 2 amide bonds. The Kier molecular flexibility index (Phi) is 6.51. The van der Waals surface area contributed by atoms with Crippen molar-refractivity contribution in [3.8, 4) is 0 Å². The summed E-state index contributed by atoms with van der Waals surface area (Å²) in [5.74, 6) is -0.471. The summed E-state index contributed by atoms with van der Waals surface area (Å²) in [5, 5.41) is 4.19. The molecule has 0 aromatic heterocycles. The van der Waals surface area contributed by atoms with Crippen molar-refractivity contribution in [2.24, 2.45) is 0 Å². The Labute approximate surface area is 148 Å². The molecule has 1 fully saturated rings. The lowest BCUT2D eigenvalue weighted by molar-refractivity contribution is -0.162. The van der Waals surface area contributed by atoms with E-state index in [0.717, 1.165) is 30.7 Å². The molecule has 0 saturated heterocycles. The van der Waals surface area contributed by atoms with Crippen LogP contribution in [0.1, 0.15) is 46.0 Å². The first-order valence-corrected chi connectivity index (χ1v) is 8.80. The summed E-state index contributed by atoms with van der Waals surface area (Å²) in [6.45, 7) is 3.99. The summed E-state index contributed by atoms with van der Waals surface area (Å²) in [7, 11) is 0. The van der Waals surface area contributed by atoms with Crippen molar-refractivity contribution in [1.82, 2.24) is 15.8 Å². The van der Waals surface area contributed by atoms with Gasteiger partial charge in [0, 0.05) is 12.5 Å². The highest BCUT2D eigenvalue weighted by Gasteiger charge is 2.42. The minimum atomic E-state index is -1.19. The highest BCUT2D eigenvalue weighted by molar-refractivity contribution is 7.80. The largest absolute Gasteiger partial charge is 0.359 e. The zero-order valence-electron chi connectivity index (χ0n) is 14.2.